The van der Waals surface area contributed by atoms with E-state index in [0.29, 0.717) is 28.5 Å². The van der Waals surface area contributed by atoms with Crippen molar-refractivity contribution in [3.8, 4) is 27.7 Å². The van der Waals surface area contributed by atoms with Crippen molar-refractivity contribution in [3.63, 3.8) is 0 Å². The number of aromatic amines is 1. The molecule has 0 bridgehead atoms. The van der Waals surface area contributed by atoms with Crippen LogP contribution in [0.3, 0.4) is 0 Å². The van der Waals surface area contributed by atoms with Crippen molar-refractivity contribution in [2.24, 2.45) is 0 Å². The summed E-state index contributed by atoms with van der Waals surface area (Å²) in [4.78, 5) is 33.6. The predicted molar refractivity (Wildman–Crippen MR) is 98.4 cm³/mol. The zero-order valence-corrected chi connectivity index (χ0v) is 14.5. The number of carboxylic acids is 1. The van der Waals surface area contributed by atoms with Gasteiger partial charge in [0.05, 0.1) is 12.2 Å². The summed E-state index contributed by atoms with van der Waals surface area (Å²) in [5, 5.41) is 11.0. The number of nitrogens with zero attached hydrogens (tertiary/aromatic N) is 2. The first-order valence-electron chi connectivity index (χ1n) is 7.52. The molecule has 2 aromatic heterocycles. The van der Waals surface area contributed by atoms with Crippen LogP contribution in [0.2, 0.25) is 0 Å². The number of ether oxygens (including phenoxy) is 1. The minimum atomic E-state index is -1.09. The molecule has 0 spiro atoms. The van der Waals surface area contributed by atoms with Gasteiger partial charge in [0.15, 0.2) is 11.5 Å². The van der Waals surface area contributed by atoms with E-state index in [9.17, 15) is 9.59 Å². The quantitative estimate of drug-likeness (QED) is 0.527. The maximum absolute atomic E-state index is 11.9. The van der Waals surface area contributed by atoms with Crippen molar-refractivity contribution >= 4 is 28.8 Å². The van der Waals surface area contributed by atoms with Gasteiger partial charge < -0.3 is 26.3 Å². The van der Waals surface area contributed by atoms with Gasteiger partial charge in [0.25, 0.3) is 5.56 Å². The molecule has 0 amide bonds. The average molecular weight is 373 g/mol. The molecule has 0 fully saturated rings. The third kappa shape index (κ3) is 3.22. The monoisotopic (exact) mass is 373 g/mol. The maximum Gasteiger partial charge on any atom is 0.355 e. The second-order valence-corrected chi connectivity index (χ2v) is 6.06. The summed E-state index contributed by atoms with van der Waals surface area (Å²) in [5.41, 5.74) is 11.7. The van der Waals surface area contributed by atoms with Gasteiger partial charge in [-0.25, -0.2) is 14.8 Å². The van der Waals surface area contributed by atoms with Crippen LogP contribution in [0.1, 0.15) is 17.4 Å². The average Bonchev–Trinajstić information content (AvgIpc) is 3.10. The molecule has 10 heteroatoms. The minimum Gasteiger partial charge on any atom is -0.493 e. The Morgan fingerprint density at radius 3 is 2.73 bits per heavy atom. The van der Waals surface area contributed by atoms with Gasteiger partial charge in [0.2, 0.25) is 0 Å². The lowest BCUT2D eigenvalue weighted by atomic mass is 10.1. The summed E-state index contributed by atoms with van der Waals surface area (Å²) in [6.45, 7) is 2.19. The molecular formula is C16H15N5O4S. The van der Waals surface area contributed by atoms with Gasteiger partial charge >= 0.3 is 5.97 Å². The van der Waals surface area contributed by atoms with Crippen molar-refractivity contribution in [2.45, 2.75) is 6.92 Å². The fraction of sp³-hybridized carbons (Fsp3) is 0.125. The molecule has 134 valence electrons. The van der Waals surface area contributed by atoms with Crippen molar-refractivity contribution in [3.05, 3.63) is 39.6 Å². The molecule has 3 rings (SSSR count). The van der Waals surface area contributed by atoms with Crippen molar-refractivity contribution in [1.82, 2.24) is 15.0 Å². The first-order chi connectivity index (χ1) is 12.4. The number of carboxylic acid groups (broad SMARTS) is 1. The zero-order valence-electron chi connectivity index (χ0n) is 13.6. The molecular weight excluding hydrogens is 358 g/mol. The van der Waals surface area contributed by atoms with E-state index in [0.717, 1.165) is 0 Å². The van der Waals surface area contributed by atoms with Crippen LogP contribution in [0, 0.1) is 0 Å². The Kier molecular flexibility index (Phi) is 4.59. The standard InChI is InChI=1S/C16H15N5O4S/c1-2-25-10-5-7(15-19-9(6-26-15)16(23)24)3-4-8(10)13-20-12(18)11(17)14(22)21-13/h3-6H,2,17H2,1H3,(H,23,24)(H3,18,20,21,22). The van der Waals surface area contributed by atoms with Crippen LogP contribution in [0.4, 0.5) is 11.5 Å². The largest absolute Gasteiger partial charge is 0.493 e. The topological polar surface area (TPSA) is 157 Å². The van der Waals surface area contributed by atoms with E-state index in [4.69, 9.17) is 21.3 Å². The van der Waals surface area contributed by atoms with Gasteiger partial charge in [0, 0.05) is 10.9 Å². The highest BCUT2D eigenvalue weighted by atomic mass is 32.1. The molecule has 0 aliphatic carbocycles. The van der Waals surface area contributed by atoms with Crippen molar-refractivity contribution in [2.75, 3.05) is 18.1 Å². The van der Waals surface area contributed by atoms with E-state index < -0.39 is 11.5 Å². The number of carbonyl (C=O) groups is 1. The van der Waals surface area contributed by atoms with Crippen LogP contribution in [0.15, 0.2) is 28.4 Å². The Morgan fingerprint density at radius 1 is 1.35 bits per heavy atom. The number of aromatic carboxylic acids is 1. The molecule has 0 unspecified atom stereocenters. The molecule has 0 saturated carbocycles. The number of aromatic nitrogens is 3. The summed E-state index contributed by atoms with van der Waals surface area (Å²) < 4.78 is 5.64. The second kappa shape index (κ2) is 6.84. The van der Waals surface area contributed by atoms with E-state index in [-0.39, 0.29) is 23.0 Å². The van der Waals surface area contributed by atoms with Gasteiger partial charge in [-0.3, -0.25) is 4.79 Å². The Morgan fingerprint density at radius 2 is 2.12 bits per heavy atom. The van der Waals surface area contributed by atoms with Gasteiger partial charge in [-0.1, -0.05) is 6.07 Å². The van der Waals surface area contributed by atoms with Crippen LogP contribution in [-0.2, 0) is 0 Å². The van der Waals surface area contributed by atoms with E-state index in [1.54, 1.807) is 18.2 Å². The number of rotatable bonds is 5. The summed E-state index contributed by atoms with van der Waals surface area (Å²) in [6.07, 6.45) is 0. The molecule has 0 aliphatic rings. The third-order valence-corrected chi connectivity index (χ3v) is 4.38. The van der Waals surface area contributed by atoms with Gasteiger partial charge in [0.1, 0.15) is 22.3 Å². The lowest BCUT2D eigenvalue weighted by molar-refractivity contribution is 0.0691. The lowest BCUT2D eigenvalue weighted by Crippen LogP contribution is -2.17. The third-order valence-electron chi connectivity index (χ3n) is 3.49. The zero-order chi connectivity index (χ0) is 18.8. The Hall–Kier alpha value is -3.40. The summed E-state index contributed by atoms with van der Waals surface area (Å²) in [7, 11) is 0. The summed E-state index contributed by atoms with van der Waals surface area (Å²) in [5.74, 6) is -0.485. The first kappa shape index (κ1) is 17.4. The summed E-state index contributed by atoms with van der Waals surface area (Å²) in [6, 6.07) is 5.13. The highest BCUT2D eigenvalue weighted by Crippen LogP contribution is 2.34. The molecule has 1 aromatic carbocycles. The Balaban J connectivity index is 2.10. The number of anilines is 2. The molecule has 2 heterocycles. The van der Waals surface area contributed by atoms with E-state index in [1.807, 2.05) is 6.92 Å². The molecule has 9 nitrogen and oxygen atoms in total. The smallest absolute Gasteiger partial charge is 0.355 e. The highest BCUT2D eigenvalue weighted by molar-refractivity contribution is 7.13. The summed E-state index contributed by atoms with van der Waals surface area (Å²) >= 11 is 1.21. The fourth-order valence-corrected chi connectivity index (χ4v) is 3.05. The van der Waals surface area contributed by atoms with Crippen LogP contribution in [0.25, 0.3) is 22.0 Å². The molecule has 6 N–H and O–H groups in total. The number of nitrogen functional groups attached to an aromatic ring is 2. The number of thiazole rings is 1. The van der Waals surface area contributed by atoms with Gasteiger partial charge in [-0.05, 0) is 19.1 Å². The number of nitrogens with two attached hydrogens (primary N) is 2. The maximum atomic E-state index is 11.9. The van der Waals surface area contributed by atoms with Crippen LogP contribution in [0.5, 0.6) is 5.75 Å². The molecule has 0 radical (unpaired) electrons. The molecule has 0 aliphatic heterocycles. The lowest BCUT2D eigenvalue weighted by Gasteiger charge is -2.12. The van der Waals surface area contributed by atoms with E-state index in [2.05, 4.69) is 15.0 Å². The first-order valence-corrected chi connectivity index (χ1v) is 8.40. The fourth-order valence-electron chi connectivity index (χ4n) is 2.26. The molecule has 0 saturated heterocycles. The molecule has 3 aromatic rings. The van der Waals surface area contributed by atoms with Gasteiger partial charge in [-0.15, -0.1) is 11.3 Å². The number of hydrogen-bond acceptors (Lipinski definition) is 8. The molecule has 0 atom stereocenters. The molecule has 26 heavy (non-hydrogen) atoms. The Bertz CT molecular complexity index is 1040. The van der Waals surface area contributed by atoms with Crippen LogP contribution < -0.4 is 21.8 Å². The van der Waals surface area contributed by atoms with Crippen molar-refractivity contribution < 1.29 is 14.6 Å². The SMILES string of the molecule is CCOc1cc(-c2nc(C(=O)O)cs2)ccc1-c1nc(N)c(N)c(=O)[nH]1. The van der Waals surface area contributed by atoms with Crippen molar-refractivity contribution in [1.29, 1.82) is 0 Å². The predicted octanol–water partition coefficient (Wildman–Crippen LogP) is 1.82. The van der Waals surface area contributed by atoms with E-state index in [1.165, 1.54) is 16.7 Å². The normalized spacial score (nSPS) is 10.7. The number of benzene rings is 1. The second-order valence-electron chi connectivity index (χ2n) is 5.20. The highest BCUT2D eigenvalue weighted by Gasteiger charge is 2.16. The number of H-pyrrole nitrogens is 1. The number of nitrogens with one attached hydrogen (secondary N) is 1. The van der Waals surface area contributed by atoms with Crippen LogP contribution in [-0.4, -0.2) is 32.6 Å². The van der Waals surface area contributed by atoms with E-state index >= 15 is 0 Å². The van der Waals surface area contributed by atoms with Gasteiger partial charge in [-0.2, -0.15) is 0 Å². The minimum absolute atomic E-state index is 0.0238. The van der Waals surface area contributed by atoms with Crippen LogP contribution >= 0.6 is 11.3 Å². The Labute approximate surface area is 151 Å². The number of hydrogen-bond donors (Lipinski definition) is 4.